The molecule has 0 bridgehead atoms. The number of carbonyl (C=O) groups excluding carboxylic acids is 2. The predicted octanol–water partition coefficient (Wildman–Crippen LogP) is 9.34. The molecule has 0 heterocycles. The second-order valence-electron chi connectivity index (χ2n) is 18.0. The Morgan fingerprint density at radius 3 is 1.39 bits per heavy atom. The first-order valence-electron chi connectivity index (χ1n) is 18.5. The van der Waals surface area contributed by atoms with Crippen LogP contribution >= 0.6 is 0 Å². The van der Waals surface area contributed by atoms with Gasteiger partial charge in [0.25, 0.3) is 0 Å². The molecule has 4 nitrogen and oxygen atoms in total. The maximum absolute atomic E-state index is 12.4. The average molecular weight is 597 g/mol. The van der Waals surface area contributed by atoms with Crippen LogP contribution in [0.1, 0.15) is 131 Å². The van der Waals surface area contributed by atoms with Gasteiger partial charge in [0.15, 0.2) is 11.6 Å². The highest BCUT2D eigenvalue weighted by Gasteiger charge is 2.61. The minimum absolute atomic E-state index is 0.183. The van der Waals surface area contributed by atoms with E-state index in [1.165, 1.54) is 73.9 Å². The molecule has 0 aromatic heterocycles. The third kappa shape index (κ3) is 3.81. The zero-order valence-electron chi connectivity index (χ0n) is 28.4. The van der Waals surface area contributed by atoms with Crippen LogP contribution in [-0.2, 0) is 9.59 Å². The van der Waals surface area contributed by atoms with Gasteiger partial charge in [-0.2, -0.15) is 10.2 Å². The maximum Gasteiger partial charge on any atom is 0.155 e. The Bertz CT molecular complexity index is 1310. The molecule has 12 atom stereocenters. The van der Waals surface area contributed by atoms with E-state index < -0.39 is 0 Å². The van der Waals surface area contributed by atoms with E-state index in [1.807, 2.05) is 12.2 Å². The Kier molecular flexibility index (Phi) is 6.61. The summed E-state index contributed by atoms with van der Waals surface area (Å²) in [4.78, 5) is 24.9. The fourth-order valence-corrected chi connectivity index (χ4v) is 13.9. The monoisotopic (exact) mass is 596 g/mol. The van der Waals surface area contributed by atoms with Crippen molar-refractivity contribution in [3.05, 3.63) is 23.3 Å². The summed E-state index contributed by atoms with van der Waals surface area (Å²) < 4.78 is 0. The second-order valence-corrected chi connectivity index (χ2v) is 18.0. The van der Waals surface area contributed by atoms with Crippen LogP contribution in [0.25, 0.3) is 0 Å². The molecule has 8 aliphatic rings. The first kappa shape index (κ1) is 29.6. The Balaban J connectivity index is 1.03. The van der Waals surface area contributed by atoms with Crippen LogP contribution in [0.4, 0.5) is 0 Å². The summed E-state index contributed by atoms with van der Waals surface area (Å²) in [5, 5.41) is 10.5. The molecule has 0 spiro atoms. The van der Waals surface area contributed by atoms with Crippen LogP contribution in [0.15, 0.2) is 33.5 Å². The summed E-state index contributed by atoms with van der Waals surface area (Å²) in [6.45, 7) is 14.8. The van der Waals surface area contributed by atoms with Gasteiger partial charge in [-0.05, 0) is 147 Å². The first-order chi connectivity index (χ1) is 20.9. The van der Waals surface area contributed by atoms with E-state index in [0.717, 1.165) is 50.4 Å². The summed E-state index contributed by atoms with van der Waals surface area (Å²) in [5.74, 6) is 5.95. The normalized spacial score (nSPS) is 53.2. The number of nitrogens with zero attached hydrogens (tertiary/aromatic N) is 2. The van der Waals surface area contributed by atoms with Gasteiger partial charge in [0, 0.05) is 35.1 Å². The summed E-state index contributed by atoms with van der Waals surface area (Å²) in [7, 11) is 0. The van der Waals surface area contributed by atoms with E-state index in [-0.39, 0.29) is 21.7 Å². The quantitative estimate of drug-likeness (QED) is 0.283. The van der Waals surface area contributed by atoms with Gasteiger partial charge in [-0.25, -0.2) is 0 Å². The lowest BCUT2D eigenvalue weighted by Crippen LogP contribution is -2.53. The molecule has 0 aromatic carbocycles. The van der Waals surface area contributed by atoms with Crippen molar-refractivity contribution in [3.8, 4) is 0 Å². The van der Waals surface area contributed by atoms with E-state index in [0.29, 0.717) is 47.1 Å². The highest BCUT2D eigenvalue weighted by atomic mass is 16.1. The molecule has 4 heteroatoms. The van der Waals surface area contributed by atoms with E-state index >= 15 is 0 Å². The molecule has 0 amide bonds. The Labute approximate surface area is 266 Å². The lowest BCUT2D eigenvalue weighted by molar-refractivity contribution is -0.120. The SMILES string of the molecule is C[C@H]1CC(=O)C=C2CC[C@@H]3[C@@H](CC[C@]4(C)/C(=N\N=C5\CC[C@@H]6[C@H]7CCC8=CC(=O)C[C@H](C)[C@]8(C)[C@@H]7CC[C@]56C)CC[C@H]34)[C@]21C. The largest absolute Gasteiger partial charge is 0.295 e. The molecular formula is C40H56N2O2. The second kappa shape index (κ2) is 9.83. The van der Waals surface area contributed by atoms with Gasteiger partial charge in [0.1, 0.15) is 0 Å². The van der Waals surface area contributed by atoms with Crippen molar-refractivity contribution < 1.29 is 9.59 Å². The smallest absolute Gasteiger partial charge is 0.155 e. The lowest BCUT2D eigenvalue weighted by atomic mass is 9.45. The number of fused-ring (bicyclic) bond motifs is 10. The van der Waals surface area contributed by atoms with Gasteiger partial charge in [0.2, 0.25) is 0 Å². The lowest BCUT2D eigenvalue weighted by Gasteiger charge is -2.59. The number of rotatable bonds is 1. The number of carbonyl (C=O) groups is 2. The van der Waals surface area contributed by atoms with Crippen molar-refractivity contribution in [2.45, 2.75) is 131 Å². The Morgan fingerprint density at radius 2 is 0.977 bits per heavy atom. The van der Waals surface area contributed by atoms with Gasteiger partial charge < -0.3 is 0 Å². The zero-order valence-corrected chi connectivity index (χ0v) is 28.4. The zero-order chi connectivity index (χ0) is 30.8. The molecule has 0 aromatic rings. The molecular weight excluding hydrogens is 540 g/mol. The van der Waals surface area contributed by atoms with Crippen LogP contribution in [0, 0.1) is 69.0 Å². The summed E-state index contributed by atoms with van der Waals surface area (Å²) in [6, 6.07) is 0. The van der Waals surface area contributed by atoms with E-state index in [2.05, 4.69) is 41.5 Å². The molecule has 0 aliphatic heterocycles. The average Bonchev–Trinajstić information content (AvgIpc) is 3.49. The van der Waals surface area contributed by atoms with E-state index in [9.17, 15) is 9.59 Å². The van der Waals surface area contributed by atoms with Gasteiger partial charge in [-0.15, -0.1) is 0 Å². The summed E-state index contributed by atoms with van der Waals surface area (Å²) in [5.41, 5.74) is 6.49. The predicted molar refractivity (Wildman–Crippen MR) is 177 cm³/mol. The molecule has 6 fully saturated rings. The highest BCUT2D eigenvalue weighted by molar-refractivity contribution is 5.96. The van der Waals surface area contributed by atoms with Crippen molar-refractivity contribution in [3.63, 3.8) is 0 Å². The molecule has 8 rings (SSSR count). The molecule has 44 heavy (non-hydrogen) atoms. The van der Waals surface area contributed by atoms with E-state index in [1.54, 1.807) is 0 Å². The topological polar surface area (TPSA) is 58.9 Å². The molecule has 238 valence electrons. The Morgan fingerprint density at radius 1 is 0.568 bits per heavy atom. The van der Waals surface area contributed by atoms with Crippen molar-refractivity contribution >= 4 is 23.0 Å². The van der Waals surface area contributed by atoms with Gasteiger partial charge in [-0.3, -0.25) is 9.59 Å². The van der Waals surface area contributed by atoms with Gasteiger partial charge in [-0.1, -0.05) is 52.7 Å². The standard InChI is InChI=1S/C40H56N2O2/c1-23-19-27(43)21-25-7-9-29-31-11-13-35(37(31,3)17-15-33(29)39(23,25)5)41-42-36-14-12-32-30-10-8-26-22-28(44)20-24(2)40(26,6)34(30)16-18-38(32,36)4/h21-24,29-34H,7-20H2,1-6H3/b41-35-,42-36-/t23-,24-,29-,30+,31+,32+,33+,34+,37-,38-,39-,40-/m0/s1. The Hall–Kier alpha value is -1.84. The van der Waals surface area contributed by atoms with Gasteiger partial charge in [0.05, 0.1) is 0 Å². The van der Waals surface area contributed by atoms with Crippen LogP contribution in [0.5, 0.6) is 0 Å². The van der Waals surface area contributed by atoms with Crippen molar-refractivity contribution in [2.75, 3.05) is 0 Å². The minimum Gasteiger partial charge on any atom is -0.295 e. The van der Waals surface area contributed by atoms with Crippen LogP contribution in [0.2, 0.25) is 0 Å². The van der Waals surface area contributed by atoms with Crippen molar-refractivity contribution in [1.82, 2.24) is 0 Å². The number of hydrogen-bond acceptors (Lipinski definition) is 4. The summed E-state index contributed by atoms with van der Waals surface area (Å²) in [6.07, 6.45) is 20.0. The minimum atomic E-state index is 0.183. The molecule has 0 unspecified atom stereocenters. The third-order valence-electron chi connectivity index (χ3n) is 16.8. The number of hydrogen-bond donors (Lipinski definition) is 0. The third-order valence-corrected chi connectivity index (χ3v) is 16.8. The fraction of sp³-hybridized carbons (Fsp3) is 0.800. The molecule has 0 N–H and O–H groups in total. The highest BCUT2D eigenvalue weighted by Crippen LogP contribution is 2.67. The maximum atomic E-state index is 12.4. The summed E-state index contributed by atoms with van der Waals surface area (Å²) >= 11 is 0. The molecule has 8 aliphatic carbocycles. The number of ketones is 2. The van der Waals surface area contributed by atoms with Crippen LogP contribution < -0.4 is 0 Å². The number of allylic oxidation sites excluding steroid dienone is 2. The van der Waals surface area contributed by atoms with Crippen molar-refractivity contribution in [1.29, 1.82) is 0 Å². The fourth-order valence-electron chi connectivity index (χ4n) is 13.9. The van der Waals surface area contributed by atoms with Crippen LogP contribution in [-0.4, -0.2) is 23.0 Å². The van der Waals surface area contributed by atoms with Gasteiger partial charge >= 0.3 is 0 Å². The van der Waals surface area contributed by atoms with E-state index in [4.69, 9.17) is 10.2 Å². The molecule has 0 saturated heterocycles. The molecule has 6 saturated carbocycles. The first-order valence-corrected chi connectivity index (χ1v) is 18.5. The van der Waals surface area contributed by atoms with Crippen LogP contribution in [0.3, 0.4) is 0 Å². The van der Waals surface area contributed by atoms with Crippen molar-refractivity contribution in [2.24, 2.45) is 79.2 Å². The molecule has 0 radical (unpaired) electrons.